The first kappa shape index (κ1) is 14.0. The van der Waals surface area contributed by atoms with Gasteiger partial charge in [0, 0.05) is 19.8 Å². The Morgan fingerprint density at radius 1 is 1.37 bits per heavy atom. The van der Waals surface area contributed by atoms with Gasteiger partial charge in [-0.1, -0.05) is 13.0 Å². The lowest BCUT2D eigenvalue weighted by Crippen LogP contribution is -2.14. The molecule has 0 saturated heterocycles. The molecule has 2 heterocycles. The third-order valence-electron chi connectivity index (χ3n) is 2.70. The number of aryl methyl sites for hydroxylation is 2. The maximum atomic E-state index is 4.51. The summed E-state index contributed by atoms with van der Waals surface area (Å²) < 4.78 is 1.75. The van der Waals surface area contributed by atoms with Gasteiger partial charge in [-0.05, 0) is 42.8 Å². The fourth-order valence-corrected chi connectivity index (χ4v) is 2.48. The highest BCUT2D eigenvalue weighted by molar-refractivity contribution is 7.99. The van der Waals surface area contributed by atoms with E-state index in [1.807, 2.05) is 13.2 Å². The summed E-state index contributed by atoms with van der Waals surface area (Å²) in [5.74, 6) is 0. The second kappa shape index (κ2) is 6.68. The lowest BCUT2D eigenvalue weighted by molar-refractivity contribution is 0.672. The molecule has 0 aliphatic rings. The second-order valence-corrected chi connectivity index (χ2v) is 5.37. The van der Waals surface area contributed by atoms with Crippen molar-refractivity contribution in [3.63, 3.8) is 0 Å². The van der Waals surface area contributed by atoms with Gasteiger partial charge >= 0.3 is 0 Å². The van der Waals surface area contributed by atoms with Crippen molar-refractivity contribution in [2.24, 2.45) is 7.05 Å². The molecule has 2 aromatic heterocycles. The SMILES string of the molecule is CCCNCc1cnc(Sc2ncnn2C)c(C)c1. The number of pyridine rings is 1. The van der Waals surface area contributed by atoms with Crippen molar-refractivity contribution in [2.75, 3.05) is 6.54 Å². The van der Waals surface area contributed by atoms with Crippen LogP contribution in [0.1, 0.15) is 24.5 Å². The largest absolute Gasteiger partial charge is 0.313 e. The maximum Gasteiger partial charge on any atom is 0.192 e. The van der Waals surface area contributed by atoms with E-state index in [4.69, 9.17) is 0 Å². The van der Waals surface area contributed by atoms with Gasteiger partial charge in [0.05, 0.1) is 0 Å². The second-order valence-electron chi connectivity index (χ2n) is 4.41. The first-order chi connectivity index (χ1) is 9.20. The van der Waals surface area contributed by atoms with Crippen LogP contribution in [0.15, 0.2) is 28.8 Å². The number of hydrogen-bond donors (Lipinski definition) is 1. The molecule has 0 aliphatic carbocycles. The lowest BCUT2D eigenvalue weighted by Gasteiger charge is -2.07. The van der Waals surface area contributed by atoms with E-state index in [2.05, 4.69) is 40.3 Å². The van der Waals surface area contributed by atoms with Crippen LogP contribution in [0.3, 0.4) is 0 Å². The highest BCUT2D eigenvalue weighted by Gasteiger charge is 2.08. The Morgan fingerprint density at radius 2 is 2.21 bits per heavy atom. The summed E-state index contributed by atoms with van der Waals surface area (Å²) in [5, 5.41) is 9.27. The van der Waals surface area contributed by atoms with Crippen molar-refractivity contribution >= 4 is 11.8 Å². The molecule has 0 radical (unpaired) electrons. The minimum atomic E-state index is 0.854. The molecule has 0 saturated carbocycles. The average molecular weight is 277 g/mol. The monoisotopic (exact) mass is 277 g/mol. The van der Waals surface area contributed by atoms with E-state index >= 15 is 0 Å². The molecule has 0 atom stereocenters. The molecular formula is C13H19N5S. The van der Waals surface area contributed by atoms with Crippen LogP contribution in [0.5, 0.6) is 0 Å². The van der Waals surface area contributed by atoms with Crippen LogP contribution in [-0.2, 0) is 13.6 Å². The van der Waals surface area contributed by atoms with Gasteiger partial charge in [0.15, 0.2) is 5.16 Å². The predicted octanol–water partition coefficient (Wildman–Crippen LogP) is 2.17. The third kappa shape index (κ3) is 3.78. The molecular weight excluding hydrogens is 258 g/mol. The Kier molecular flexibility index (Phi) is 4.93. The van der Waals surface area contributed by atoms with Crippen molar-refractivity contribution in [1.82, 2.24) is 25.1 Å². The minimum Gasteiger partial charge on any atom is -0.313 e. The minimum absolute atomic E-state index is 0.854. The molecule has 0 bridgehead atoms. The molecule has 0 aliphatic heterocycles. The van der Waals surface area contributed by atoms with Crippen LogP contribution in [-0.4, -0.2) is 26.3 Å². The fraction of sp³-hybridized carbons (Fsp3) is 0.462. The average Bonchev–Trinajstić information content (AvgIpc) is 2.79. The zero-order valence-corrected chi connectivity index (χ0v) is 12.4. The Balaban J connectivity index is 2.05. The molecule has 102 valence electrons. The van der Waals surface area contributed by atoms with Crippen LogP contribution >= 0.6 is 11.8 Å². The van der Waals surface area contributed by atoms with Crippen LogP contribution in [0.2, 0.25) is 0 Å². The van der Waals surface area contributed by atoms with Crippen LogP contribution in [0.25, 0.3) is 0 Å². The van der Waals surface area contributed by atoms with Crippen molar-refractivity contribution in [1.29, 1.82) is 0 Å². The van der Waals surface area contributed by atoms with Crippen LogP contribution < -0.4 is 5.32 Å². The quantitative estimate of drug-likeness (QED) is 0.820. The molecule has 0 unspecified atom stereocenters. The maximum absolute atomic E-state index is 4.51. The first-order valence-electron chi connectivity index (χ1n) is 6.38. The predicted molar refractivity (Wildman–Crippen MR) is 76.1 cm³/mol. The summed E-state index contributed by atoms with van der Waals surface area (Å²) in [7, 11) is 1.88. The van der Waals surface area contributed by atoms with Gasteiger partial charge in [-0.25, -0.2) is 14.6 Å². The van der Waals surface area contributed by atoms with E-state index in [0.717, 1.165) is 29.7 Å². The van der Waals surface area contributed by atoms with E-state index < -0.39 is 0 Å². The van der Waals surface area contributed by atoms with Crippen molar-refractivity contribution in [2.45, 2.75) is 37.0 Å². The molecule has 0 aromatic carbocycles. The van der Waals surface area contributed by atoms with Gasteiger partial charge in [0.25, 0.3) is 0 Å². The Hall–Kier alpha value is -1.40. The molecule has 19 heavy (non-hydrogen) atoms. The Bertz CT molecular complexity index is 538. The number of nitrogens with zero attached hydrogens (tertiary/aromatic N) is 4. The zero-order chi connectivity index (χ0) is 13.7. The van der Waals surface area contributed by atoms with Gasteiger partial charge in [-0.15, -0.1) is 0 Å². The van der Waals surface area contributed by atoms with Gasteiger partial charge < -0.3 is 5.32 Å². The first-order valence-corrected chi connectivity index (χ1v) is 7.20. The van der Waals surface area contributed by atoms with Crippen molar-refractivity contribution < 1.29 is 0 Å². The fourth-order valence-electron chi connectivity index (χ4n) is 1.70. The van der Waals surface area contributed by atoms with Gasteiger partial charge in [0.2, 0.25) is 0 Å². The summed E-state index contributed by atoms with van der Waals surface area (Å²) in [6.07, 6.45) is 4.63. The normalized spacial score (nSPS) is 10.9. The highest BCUT2D eigenvalue weighted by atomic mass is 32.2. The lowest BCUT2D eigenvalue weighted by atomic mass is 10.2. The molecule has 2 aromatic rings. The molecule has 0 amide bonds. The summed E-state index contributed by atoms with van der Waals surface area (Å²) in [6.45, 7) is 6.15. The molecule has 6 heteroatoms. The summed E-state index contributed by atoms with van der Waals surface area (Å²) in [4.78, 5) is 8.71. The number of rotatable bonds is 6. The Morgan fingerprint density at radius 3 is 2.84 bits per heavy atom. The zero-order valence-electron chi connectivity index (χ0n) is 11.6. The molecule has 1 N–H and O–H groups in total. The summed E-state index contributed by atoms with van der Waals surface area (Å²) >= 11 is 1.54. The van der Waals surface area contributed by atoms with E-state index in [-0.39, 0.29) is 0 Å². The highest BCUT2D eigenvalue weighted by Crippen LogP contribution is 2.26. The molecule has 5 nitrogen and oxygen atoms in total. The van der Waals surface area contributed by atoms with E-state index in [1.54, 1.807) is 22.8 Å². The molecule has 2 rings (SSSR count). The summed E-state index contributed by atoms with van der Waals surface area (Å²) in [6, 6.07) is 2.17. The van der Waals surface area contributed by atoms with Crippen LogP contribution in [0.4, 0.5) is 0 Å². The number of aromatic nitrogens is 4. The summed E-state index contributed by atoms with van der Waals surface area (Å²) in [5.41, 5.74) is 2.39. The van der Waals surface area contributed by atoms with E-state index in [9.17, 15) is 0 Å². The number of nitrogens with one attached hydrogen (secondary N) is 1. The van der Waals surface area contributed by atoms with Crippen molar-refractivity contribution in [3.8, 4) is 0 Å². The van der Waals surface area contributed by atoms with Gasteiger partial charge in [-0.2, -0.15) is 5.10 Å². The standard InChI is InChI=1S/C13H19N5S/c1-4-5-14-7-11-6-10(2)12(15-8-11)19-13-16-9-17-18(13)3/h6,8-9,14H,4-5,7H2,1-3H3. The molecule has 0 spiro atoms. The van der Waals surface area contributed by atoms with Gasteiger partial charge in [-0.3, -0.25) is 0 Å². The smallest absolute Gasteiger partial charge is 0.192 e. The number of hydrogen-bond acceptors (Lipinski definition) is 5. The van der Waals surface area contributed by atoms with E-state index in [0.29, 0.717) is 0 Å². The Labute approximate surface area is 117 Å². The molecule has 0 fully saturated rings. The van der Waals surface area contributed by atoms with Gasteiger partial charge in [0.1, 0.15) is 11.4 Å². The van der Waals surface area contributed by atoms with Crippen LogP contribution in [0, 0.1) is 6.92 Å². The van der Waals surface area contributed by atoms with E-state index in [1.165, 1.54) is 11.1 Å². The van der Waals surface area contributed by atoms with Crippen molar-refractivity contribution in [3.05, 3.63) is 29.7 Å². The third-order valence-corrected chi connectivity index (χ3v) is 3.87. The topological polar surface area (TPSA) is 55.6 Å².